The molecule has 5 rings (SSSR count). The number of piperidine rings is 3. The number of amides is 4. The number of rotatable bonds is 6. The fourth-order valence-corrected chi connectivity index (χ4v) is 5.95. The highest BCUT2D eigenvalue weighted by Crippen LogP contribution is 2.30. The van der Waals surface area contributed by atoms with Crippen LogP contribution in [0.25, 0.3) is 0 Å². The molecule has 34 heavy (non-hydrogen) atoms. The average molecular weight is 467 g/mol. The van der Waals surface area contributed by atoms with Crippen molar-refractivity contribution < 1.29 is 19.2 Å². The van der Waals surface area contributed by atoms with Crippen LogP contribution in [0, 0.1) is 11.8 Å². The highest BCUT2D eigenvalue weighted by molar-refractivity contribution is 6.23. The van der Waals surface area contributed by atoms with Crippen molar-refractivity contribution in [2.24, 2.45) is 11.8 Å². The van der Waals surface area contributed by atoms with E-state index >= 15 is 0 Å². The minimum atomic E-state index is -0.919. The molecule has 2 unspecified atom stereocenters. The Bertz CT molecular complexity index is 979. The molecule has 0 spiro atoms. The third kappa shape index (κ3) is 4.79. The maximum Gasteiger partial charge on any atom is 0.262 e. The molecule has 182 valence electrons. The van der Waals surface area contributed by atoms with Crippen LogP contribution in [0.2, 0.25) is 0 Å². The Morgan fingerprint density at radius 1 is 0.882 bits per heavy atom. The highest BCUT2D eigenvalue weighted by atomic mass is 16.2. The summed E-state index contributed by atoms with van der Waals surface area (Å²) in [6.45, 7) is 5.22. The molecule has 2 N–H and O–H groups in total. The number of fused-ring (bicyclic) bond motifs is 1. The second kappa shape index (κ2) is 9.96. The lowest BCUT2D eigenvalue weighted by Gasteiger charge is -2.33. The summed E-state index contributed by atoms with van der Waals surface area (Å²) in [6.07, 6.45) is 8.07. The van der Waals surface area contributed by atoms with Gasteiger partial charge >= 0.3 is 0 Å². The van der Waals surface area contributed by atoms with Gasteiger partial charge in [0.1, 0.15) is 6.04 Å². The summed E-state index contributed by atoms with van der Waals surface area (Å²) in [5.41, 5.74) is 1.72. The van der Waals surface area contributed by atoms with E-state index in [0.717, 1.165) is 41.9 Å². The van der Waals surface area contributed by atoms with Crippen LogP contribution < -0.4 is 10.6 Å². The van der Waals surface area contributed by atoms with E-state index in [-0.39, 0.29) is 18.7 Å². The summed E-state index contributed by atoms with van der Waals surface area (Å²) in [6, 6.07) is 4.52. The van der Waals surface area contributed by atoms with Crippen molar-refractivity contribution in [3.63, 3.8) is 0 Å². The predicted molar refractivity (Wildman–Crippen MR) is 126 cm³/mol. The van der Waals surface area contributed by atoms with Crippen LogP contribution in [0.5, 0.6) is 0 Å². The summed E-state index contributed by atoms with van der Waals surface area (Å²) in [4.78, 5) is 53.1. The van der Waals surface area contributed by atoms with E-state index in [1.54, 1.807) is 6.07 Å². The summed E-state index contributed by atoms with van der Waals surface area (Å²) in [5, 5.41) is 5.75. The van der Waals surface area contributed by atoms with Crippen molar-refractivity contribution in [1.29, 1.82) is 0 Å². The topological polar surface area (TPSA) is 98.8 Å². The van der Waals surface area contributed by atoms with Gasteiger partial charge in [0.25, 0.3) is 11.8 Å². The van der Waals surface area contributed by atoms with Crippen LogP contribution in [0.4, 0.5) is 0 Å². The molecule has 3 fully saturated rings. The smallest absolute Gasteiger partial charge is 0.262 e. The molecular weight excluding hydrogens is 432 g/mol. The van der Waals surface area contributed by atoms with Crippen LogP contribution in [-0.2, 0) is 16.1 Å². The van der Waals surface area contributed by atoms with Gasteiger partial charge in [-0.25, -0.2) is 0 Å². The largest absolute Gasteiger partial charge is 0.316 e. The van der Waals surface area contributed by atoms with E-state index < -0.39 is 23.8 Å². The zero-order valence-electron chi connectivity index (χ0n) is 19.7. The highest BCUT2D eigenvalue weighted by Gasteiger charge is 2.44. The molecule has 0 saturated carbocycles. The zero-order valence-corrected chi connectivity index (χ0v) is 19.7. The fraction of sp³-hybridized carbons (Fsp3) is 0.615. The van der Waals surface area contributed by atoms with Crippen LogP contribution >= 0.6 is 0 Å². The number of nitrogens with zero attached hydrogens (tertiary/aromatic N) is 2. The Labute approximate surface area is 200 Å². The molecule has 1 aromatic carbocycles. The molecule has 4 heterocycles. The Balaban J connectivity index is 1.16. The van der Waals surface area contributed by atoms with Crippen LogP contribution in [-0.4, -0.2) is 65.6 Å². The lowest BCUT2D eigenvalue weighted by molar-refractivity contribution is -0.136. The average Bonchev–Trinajstić information content (AvgIpc) is 3.09. The minimum absolute atomic E-state index is 0.128. The molecule has 3 saturated heterocycles. The number of hydrogen-bond acceptors (Lipinski definition) is 6. The summed E-state index contributed by atoms with van der Waals surface area (Å²) < 4.78 is 0. The second-order valence-corrected chi connectivity index (χ2v) is 10.3. The number of nitrogens with one attached hydrogen (secondary N) is 2. The van der Waals surface area contributed by atoms with Gasteiger partial charge in [0.2, 0.25) is 11.8 Å². The first-order chi connectivity index (χ1) is 16.5. The number of carbonyl (C=O) groups excluding carboxylic acids is 4. The van der Waals surface area contributed by atoms with Gasteiger partial charge in [0, 0.05) is 13.0 Å². The van der Waals surface area contributed by atoms with Crippen molar-refractivity contribution in [2.45, 2.75) is 64.0 Å². The molecule has 2 atom stereocenters. The van der Waals surface area contributed by atoms with E-state index in [4.69, 9.17) is 0 Å². The van der Waals surface area contributed by atoms with Gasteiger partial charge in [0.05, 0.1) is 11.1 Å². The van der Waals surface area contributed by atoms with Crippen molar-refractivity contribution >= 4 is 23.6 Å². The summed E-state index contributed by atoms with van der Waals surface area (Å²) in [7, 11) is 0. The first-order valence-electron chi connectivity index (χ1n) is 12.8. The Morgan fingerprint density at radius 2 is 1.65 bits per heavy atom. The monoisotopic (exact) mass is 466 g/mol. The lowest BCUT2D eigenvalue weighted by atomic mass is 9.86. The maximum atomic E-state index is 13.0. The molecule has 0 bridgehead atoms. The van der Waals surface area contributed by atoms with Crippen molar-refractivity contribution in [1.82, 2.24) is 20.4 Å². The van der Waals surface area contributed by atoms with Crippen molar-refractivity contribution in [2.75, 3.05) is 26.2 Å². The van der Waals surface area contributed by atoms with Crippen LogP contribution in [0.1, 0.15) is 77.6 Å². The predicted octanol–water partition coefficient (Wildman–Crippen LogP) is 2.08. The van der Waals surface area contributed by atoms with Gasteiger partial charge < -0.3 is 5.32 Å². The standard InChI is InChI=1S/C26H34N4O4/c31-23-8-7-22(24(32)28-23)30-25(33)20-6-5-19(14-21(20)26(30)34)16-29-12-9-17(10-13-29)3-4-18-2-1-11-27-15-18/h5-6,14,17-18,22,27H,1-4,7-13,15-16H2,(H,28,31,32). The van der Waals surface area contributed by atoms with Gasteiger partial charge in [-0.05, 0) is 94.2 Å². The molecule has 4 aliphatic rings. The molecule has 0 aromatic heterocycles. The Hall–Kier alpha value is -2.58. The molecule has 4 aliphatic heterocycles. The number of imide groups is 2. The van der Waals surface area contributed by atoms with E-state index in [0.29, 0.717) is 11.1 Å². The molecule has 1 aromatic rings. The van der Waals surface area contributed by atoms with Gasteiger partial charge in [-0.3, -0.25) is 34.3 Å². The Kier molecular flexibility index (Phi) is 6.79. The molecule has 4 amide bonds. The molecule has 0 aliphatic carbocycles. The second-order valence-electron chi connectivity index (χ2n) is 10.3. The van der Waals surface area contributed by atoms with Crippen molar-refractivity contribution in [3.8, 4) is 0 Å². The third-order valence-electron chi connectivity index (χ3n) is 8.00. The normalized spacial score (nSPS) is 26.6. The van der Waals surface area contributed by atoms with Gasteiger partial charge in [-0.1, -0.05) is 12.5 Å². The quantitative estimate of drug-likeness (QED) is 0.623. The SMILES string of the molecule is O=C1CCC(N2C(=O)c3ccc(CN4CCC(CCC5CCCNC5)CC4)cc3C2=O)C(=O)N1. The van der Waals surface area contributed by atoms with E-state index in [1.165, 1.54) is 51.6 Å². The molecule has 8 nitrogen and oxygen atoms in total. The third-order valence-corrected chi connectivity index (χ3v) is 8.00. The van der Waals surface area contributed by atoms with Gasteiger partial charge in [-0.15, -0.1) is 0 Å². The van der Waals surface area contributed by atoms with Crippen LogP contribution in [0.3, 0.4) is 0 Å². The molecule has 8 heteroatoms. The van der Waals surface area contributed by atoms with Crippen molar-refractivity contribution in [3.05, 3.63) is 34.9 Å². The molecular formula is C26H34N4O4. The first kappa shape index (κ1) is 23.2. The number of hydrogen-bond donors (Lipinski definition) is 2. The van der Waals surface area contributed by atoms with E-state index in [1.807, 2.05) is 12.1 Å². The van der Waals surface area contributed by atoms with Crippen LogP contribution in [0.15, 0.2) is 18.2 Å². The zero-order chi connectivity index (χ0) is 23.7. The van der Waals surface area contributed by atoms with E-state index in [2.05, 4.69) is 15.5 Å². The minimum Gasteiger partial charge on any atom is -0.316 e. The number of benzene rings is 1. The number of likely N-dealkylation sites (tertiary alicyclic amines) is 1. The fourth-order valence-electron chi connectivity index (χ4n) is 5.95. The first-order valence-corrected chi connectivity index (χ1v) is 12.8. The number of carbonyl (C=O) groups is 4. The summed E-state index contributed by atoms with van der Waals surface area (Å²) in [5.74, 6) is -0.177. The van der Waals surface area contributed by atoms with Gasteiger partial charge in [-0.2, -0.15) is 0 Å². The van der Waals surface area contributed by atoms with Gasteiger partial charge in [0.15, 0.2) is 0 Å². The lowest BCUT2D eigenvalue weighted by Crippen LogP contribution is -2.54. The molecule has 0 radical (unpaired) electrons. The van der Waals surface area contributed by atoms with E-state index in [9.17, 15) is 19.2 Å². The Morgan fingerprint density at radius 3 is 2.38 bits per heavy atom. The maximum absolute atomic E-state index is 13.0. The summed E-state index contributed by atoms with van der Waals surface area (Å²) >= 11 is 0.